The van der Waals surface area contributed by atoms with E-state index in [4.69, 9.17) is 15.0 Å². The number of aromatic nitrogens is 3. The van der Waals surface area contributed by atoms with Crippen LogP contribution in [0.1, 0.15) is 0 Å². The van der Waals surface area contributed by atoms with E-state index in [2.05, 4.69) is 205 Å². The number of rotatable bonds is 6. The van der Waals surface area contributed by atoms with Crippen molar-refractivity contribution in [3.63, 3.8) is 0 Å². The van der Waals surface area contributed by atoms with Crippen molar-refractivity contribution >= 4 is 71.3 Å². The van der Waals surface area contributed by atoms with Crippen molar-refractivity contribution in [1.82, 2.24) is 15.0 Å². The highest BCUT2D eigenvalue weighted by Crippen LogP contribution is 2.48. The zero-order valence-corrected chi connectivity index (χ0v) is 30.9. The zero-order valence-electron chi connectivity index (χ0n) is 30.9. The summed E-state index contributed by atoms with van der Waals surface area (Å²) in [6, 6.07) is 72.5. The summed E-state index contributed by atoms with van der Waals surface area (Å²) in [7, 11) is 0. The zero-order chi connectivity index (χ0) is 37.7. The van der Waals surface area contributed by atoms with E-state index < -0.39 is 0 Å². The van der Waals surface area contributed by atoms with Crippen LogP contribution in [-0.2, 0) is 0 Å². The highest BCUT2D eigenvalue weighted by atomic mass is 15.1. The Morgan fingerprint density at radius 1 is 0.351 bits per heavy atom. The minimum absolute atomic E-state index is 0.875. The first kappa shape index (κ1) is 32.7. The summed E-state index contributed by atoms with van der Waals surface area (Å²) >= 11 is 0. The lowest BCUT2D eigenvalue weighted by Gasteiger charge is -2.29. The van der Waals surface area contributed by atoms with Crippen molar-refractivity contribution < 1.29 is 0 Å². The molecule has 0 aliphatic rings. The largest absolute Gasteiger partial charge is 0.310 e. The fraction of sp³-hybridized carbons (Fsp3) is 0. The summed E-state index contributed by atoms with van der Waals surface area (Å²) in [5, 5.41) is 7.70. The number of pyridine rings is 3. The minimum atomic E-state index is 0.875. The number of nitrogens with zero attached hydrogens (tertiary/aromatic N) is 4. The monoisotopic (exact) mass is 726 g/mol. The third-order valence-corrected chi connectivity index (χ3v) is 11.0. The molecule has 8 aromatic carbocycles. The molecule has 3 heterocycles. The SMILES string of the molecule is c1ccc(-c2ccc3ccc4ccc(-c5cccc6nc(-c7ccccc7)c7c(N(c8ccccc8)c8ccccc8)cc8ccccc8c7c56)nc4c3n2)cc1. The van der Waals surface area contributed by atoms with Crippen LogP contribution in [0.5, 0.6) is 0 Å². The van der Waals surface area contributed by atoms with Gasteiger partial charge >= 0.3 is 0 Å². The summed E-state index contributed by atoms with van der Waals surface area (Å²) in [5.74, 6) is 0. The van der Waals surface area contributed by atoms with Gasteiger partial charge in [-0.3, -0.25) is 0 Å². The van der Waals surface area contributed by atoms with Gasteiger partial charge in [0.05, 0.1) is 39.3 Å². The molecule has 0 atom stereocenters. The molecule has 0 radical (unpaired) electrons. The van der Waals surface area contributed by atoms with Crippen LogP contribution in [0, 0.1) is 0 Å². The molecular weight excluding hydrogens is 693 g/mol. The Labute approximate surface area is 330 Å². The Balaban J connectivity index is 1.27. The molecule has 11 rings (SSSR count). The normalized spacial score (nSPS) is 11.5. The van der Waals surface area contributed by atoms with Gasteiger partial charge in [-0.25, -0.2) is 15.0 Å². The van der Waals surface area contributed by atoms with E-state index in [1.807, 2.05) is 6.07 Å². The Bertz CT molecular complexity index is 3240. The summed E-state index contributed by atoms with van der Waals surface area (Å²) in [4.78, 5) is 18.6. The first-order chi connectivity index (χ1) is 28.3. The number of para-hydroxylation sites is 2. The van der Waals surface area contributed by atoms with Gasteiger partial charge in [0.15, 0.2) is 0 Å². The first-order valence-electron chi connectivity index (χ1n) is 19.3. The second kappa shape index (κ2) is 13.6. The van der Waals surface area contributed by atoms with Crippen LogP contribution in [0.4, 0.5) is 17.1 Å². The molecule has 4 heteroatoms. The van der Waals surface area contributed by atoms with Crippen LogP contribution in [0.2, 0.25) is 0 Å². The summed E-state index contributed by atoms with van der Waals surface area (Å²) in [5.41, 5.74) is 11.8. The molecule has 0 N–H and O–H groups in total. The van der Waals surface area contributed by atoms with Gasteiger partial charge in [-0.05, 0) is 59.3 Å². The number of hydrogen-bond acceptors (Lipinski definition) is 4. The van der Waals surface area contributed by atoms with Crippen LogP contribution >= 0.6 is 0 Å². The maximum Gasteiger partial charge on any atom is 0.0972 e. The molecule has 266 valence electrons. The smallest absolute Gasteiger partial charge is 0.0972 e. The number of hydrogen-bond donors (Lipinski definition) is 0. The number of anilines is 3. The molecule has 4 nitrogen and oxygen atoms in total. The summed E-state index contributed by atoms with van der Waals surface area (Å²) in [6.45, 7) is 0. The van der Waals surface area contributed by atoms with Gasteiger partial charge in [0, 0.05) is 55.0 Å². The van der Waals surface area contributed by atoms with Crippen molar-refractivity contribution in [2.45, 2.75) is 0 Å². The average molecular weight is 727 g/mol. The molecule has 0 saturated carbocycles. The van der Waals surface area contributed by atoms with Crippen molar-refractivity contribution in [1.29, 1.82) is 0 Å². The summed E-state index contributed by atoms with van der Waals surface area (Å²) in [6.07, 6.45) is 0. The average Bonchev–Trinajstić information content (AvgIpc) is 3.29. The van der Waals surface area contributed by atoms with Gasteiger partial charge in [-0.2, -0.15) is 0 Å². The third kappa shape index (κ3) is 5.58. The quantitative estimate of drug-likeness (QED) is 0.160. The molecule has 0 fully saturated rings. The number of benzene rings is 8. The van der Waals surface area contributed by atoms with Gasteiger partial charge in [0.1, 0.15) is 0 Å². The molecule has 0 aliphatic carbocycles. The minimum Gasteiger partial charge on any atom is -0.310 e. The summed E-state index contributed by atoms with van der Waals surface area (Å²) < 4.78 is 0. The van der Waals surface area contributed by atoms with E-state index in [1.54, 1.807) is 0 Å². The van der Waals surface area contributed by atoms with E-state index >= 15 is 0 Å². The Morgan fingerprint density at radius 2 is 0.895 bits per heavy atom. The molecule has 0 spiro atoms. The van der Waals surface area contributed by atoms with Crippen LogP contribution in [0.25, 0.3) is 88.0 Å². The highest BCUT2D eigenvalue weighted by Gasteiger charge is 2.24. The first-order valence-corrected chi connectivity index (χ1v) is 19.3. The molecule has 0 bridgehead atoms. The lowest BCUT2D eigenvalue weighted by molar-refractivity contribution is 1.30. The lowest BCUT2D eigenvalue weighted by Crippen LogP contribution is -2.11. The maximum absolute atomic E-state index is 5.59. The lowest BCUT2D eigenvalue weighted by atomic mass is 9.90. The Kier molecular flexibility index (Phi) is 7.78. The molecule has 0 aliphatic heterocycles. The van der Waals surface area contributed by atoms with E-state index in [9.17, 15) is 0 Å². The topological polar surface area (TPSA) is 41.9 Å². The third-order valence-electron chi connectivity index (χ3n) is 11.0. The van der Waals surface area contributed by atoms with Gasteiger partial charge in [0.25, 0.3) is 0 Å². The number of fused-ring (bicyclic) bond motifs is 8. The molecule has 57 heavy (non-hydrogen) atoms. The predicted molar refractivity (Wildman–Crippen MR) is 238 cm³/mol. The standard InChI is InChI=1S/C53H34N4/c1-5-16-35(17-6-1)44-32-30-37-28-29-38-31-33-45(55-53(38)52(37)54-44)43-26-15-27-46-48(43)49-42-25-14-13-20-39(42)34-47(50(49)51(56-46)36-18-7-2-8-19-36)57(40-21-9-3-10-22-40)41-23-11-4-12-24-41/h1-34H. The maximum atomic E-state index is 5.59. The van der Waals surface area contributed by atoms with Gasteiger partial charge in [0.2, 0.25) is 0 Å². The van der Waals surface area contributed by atoms with Crippen molar-refractivity contribution in [3.8, 4) is 33.8 Å². The molecule has 0 saturated heterocycles. The van der Waals surface area contributed by atoms with Crippen molar-refractivity contribution in [3.05, 3.63) is 206 Å². The highest BCUT2D eigenvalue weighted by molar-refractivity contribution is 6.29. The molecule has 3 aromatic heterocycles. The van der Waals surface area contributed by atoms with Crippen LogP contribution < -0.4 is 4.90 Å². The Hall–Kier alpha value is -7.69. The molecule has 0 unspecified atom stereocenters. The van der Waals surface area contributed by atoms with E-state index in [-0.39, 0.29) is 0 Å². The Morgan fingerprint density at radius 3 is 1.56 bits per heavy atom. The van der Waals surface area contributed by atoms with E-state index in [0.29, 0.717) is 0 Å². The fourth-order valence-electron chi connectivity index (χ4n) is 8.37. The molecule has 0 amide bonds. The second-order valence-electron chi connectivity index (χ2n) is 14.4. The van der Waals surface area contributed by atoms with Crippen molar-refractivity contribution in [2.75, 3.05) is 4.90 Å². The van der Waals surface area contributed by atoms with Gasteiger partial charge in [-0.1, -0.05) is 158 Å². The predicted octanol–water partition coefficient (Wildman–Crippen LogP) is 14.1. The molecule has 11 aromatic rings. The van der Waals surface area contributed by atoms with Gasteiger partial charge in [-0.15, -0.1) is 0 Å². The van der Waals surface area contributed by atoms with Crippen LogP contribution in [-0.4, -0.2) is 15.0 Å². The fourth-order valence-corrected chi connectivity index (χ4v) is 8.37. The molecular formula is C53H34N4. The van der Waals surface area contributed by atoms with E-state index in [0.717, 1.165) is 105 Å². The van der Waals surface area contributed by atoms with Gasteiger partial charge < -0.3 is 4.90 Å². The van der Waals surface area contributed by atoms with Crippen LogP contribution in [0.3, 0.4) is 0 Å². The van der Waals surface area contributed by atoms with E-state index in [1.165, 1.54) is 0 Å². The van der Waals surface area contributed by atoms with Crippen LogP contribution in [0.15, 0.2) is 206 Å². The second-order valence-corrected chi connectivity index (χ2v) is 14.4. The van der Waals surface area contributed by atoms with Crippen molar-refractivity contribution in [2.24, 2.45) is 0 Å².